The third-order valence-corrected chi connectivity index (χ3v) is 10.1. The van der Waals surface area contributed by atoms with Crippen molar-refractivity contribution in [2.24, 2.45) is 34.4 Å². The van der Waals surface area contributed by atoms with Crippen LogP contribution in [-0.2, 0) is 54.4 Å². The molecule has 1 aliphatic heterocycles. The Hall–Kier alpha value is -5.76. The van der Waals surface area contributed by atoms with E-state index in [1.54, 1.807) is 30.3 Å². The van der Waals surface area contributed by atoms with Crippen molar-refractivity contribution in [2.45, 2.75) is 126 Å². The maximum absolute atomic E-state index is 13.5. The van der Waals surface area contributed by atoms with Gasteiger partial charge in [-0.05, 0) is 64.0 Å². The van der Waals surface area contributed by atoms with Gasteiger partial charge in [-0.1, -0.05) is 30.3 Å². The molecule has 350 valence electrons. The second kappa shape index (κ2) is 27.3. The summed E-state index contributed by atoms with van der Waals surface area (Å²) < 4.78 is 0. The van der Waals surface area contributed by atoms with Crippen LogP contribution >= 0.6 is 0 Å². The van der Waals surface area contributed by atoms with Crippen molar-refractivity contribution in [2.75, 3.05) is 19.6 Å². The van der Waals surface area contributed by atoms with E-state index in [9.17, 15) is 47.9 Å². The molecular weight excluding hydrogens is 827 g/mol. The van der Waals surface area contributed by atoms with Crippen LogP contribution in [0.5, 0.6) is 0 Å². The number of amides is 6. The molecule has 1 heterocycles. The molecule has 2 rings (SSSR count). The fourth-order valence-corrected chi connectivity index (χ4v) is 6.56. The lowest BCUT2D eigenvalue weighted by Gasteiger charge is -2.30. The van der Waals surface area contributed by atoms with Gasteiger partial charge in [-0.15, -0.1) is 0 Å². The number of primary amides is 3. The molecule has 1 aromatic carbocycles. The van der Waals surface area contributed by atoms with Crippen molar-refractivity contribution in [3.05, 3.63) is 35.9 Å². The Bertz CT molecular complexity index is 1770. The number of benzene rings is 1. The van der Waals surface area contributed by atoms with E-state index in [4.69, 9.17) is 39.5 Å². The molecule has 24 heteroatoms. The Labute approximate surface area is 364 Å². The van der Waals surface area contributed by atoms with Crippen molar-refractivity contribution in [3.8, 4) is 0 Å². The quantitative estimate of drug-likeness (QED) is 0.0182. The van der Waals surface area contributed by atoms with Crippen molar-refractivity contribution >= 4 is 58.8 Å². The van der Waals surface area contributed by atoms with Crippen molar-refractivity contribution < 1.29 is 53.1 Å². The average molecular weight is 890 g/mol. The number of nitrogens with two attached hydrogens (primary N) is 6. The van der Waals surface area contributed by atoms with Crippen LogP contribution in [-0.4, -0.2) is 137 Å². The van der Waals surface area contributed by atoms with Gasteiger partial charge in [-0.2, -0.15) is 0 Å². The van der Waals surface area contributed by atoms with Crippen LogP contribution in [0.1, 0.15) is 76.7 Å². The van der Waals surface area contributed by atoms with Crippen LogP contribution in [0.2, 0.25) is 0 Å². The molecule has 1 saturated heterocycles. The summed E-state index contributed by atoms with van der Waals surface area (Å²) in [6.07, 6.45) is -1.81. The number of aliphatic carboxylic acids is 1. The molecule has 19 N–H and O–H groups in total. The number of nitrogens with zero attached hydrogens (tertiary/aromatic N) is 1. The third kappa shape index (κ3) is 20.3. The highest BCUT2D eigenvalue weighted by Crippen LogP contribution is 2.19. The summed E-state index contributed by atoms with van der Waals surface area (Å²) in [4.78, 5) is 126. The van der Waals surface area contributed by atoms with Gasteiger partial charge in [0.25, 0.3) is 0 Å². The summed E-state index contributed by atoms with van der Waals surface area (Å²) in [7, 11) is 0. The number of carboxylic acid groups (broad SMARTS) is 1. The molecule has 7 atom stereocenters. The van der Waals surface area contributed by atoms with Crippen LogP contribution in [0.25, 0.3) is 0 Å². The molecule has 0 bridgehead atoms. The summed E-state index contributed by atoms with van der Waals surface area (Å²) in [5.74, 6) is -8.05. The van der Waals surface area contributed by atoms with Gasteiger partial charge < -0.3 is 60.8 Å². The van der Waals surface area contributed by atoms with E-state index in [0.29, 0.717) is 32.4 Å². The van der Waals surface area contributed by atoms with Crippen LogP contribution in [0.3, 0.4) is 0 Å². The van der Waals surface area contributed by atoms with Gasteiger partial charge in [0.05, 0.1) is 43.6 Å². The maximum Gasteiger partial charge on any atom is 0.303 e. The molecule has 0 spiro atoms. The Morgan fingerprint density at radius 1 is 0.746 bits per heavy atom. The number of carbonyl (C=O) groups excluding carboxylic acids is 9. The Balaban J connectivity index is 2.08. The van der Waals surface area contributed by atoms with Gasteiger partial charge in [-0.3, -0.25) is 53.3 Å². The summed E-state index contributed by atoms with van der Waals surface area (Å²) in [5, 5.41) is 23.4. The Morgan fingerprint density at radius 3 is 1.97 bits per heavy atom. The minimum atomic E-state index is -1.51. The first-order valence-electron chi connectivity index (χ1n) is 20.6. The number of carboxylic acids is 1. The largest absolute Gasteiger partial charge is 0.481 e. The molecule has 6 amide bonds. The van der Waals surface area contributed by atoms with Crippen molar-refractivity contribution in [1.82, 2.24) is 37.0 Å². The minimum absolute atomic E-state index is 0.131. The first-order valence-corrected chi connectivity index (χ1v) is 20.6. The minimum Gasteiger partial charge on any atom is -0.481 e. The Morgan fingerprint density at radius 2 is 1.37 bits per heavy atom. The number of hydrogen-bond donors (Lipinski definition) is 13. The molecule has 0 saturated carbocycles. The summed E-state index contributed by atoms with van der Waals surface area (Å²) in [5.41, 5.74) is 37.0. The van der Waals surface area contributed by atoms with E-state index in [-0.39, 0.29) is 32.1 Å². The van der Waals surface area contributed by atoms with E-state index in [1.165, 1.54) is 11.9 Å². The normalized spacial score (nSPS) is 16.7. The highest BCUT2D eigenvalue weighted by molar-refractivity contribution is 6.04. The molecule has 0 unspecified atom stereocenters. The zero-order valence-electron chi connectivity index (χ0n) is 35.3. The van der Waals surface area contributed by atoms with Crippen LogP contribution in [0.15, 0.2) is 30.3 Å². The van der Waals surface area contributed by atoms with Gasteiger partial charge in [-0.25, -0.2) is 10.4 Å². The molecule has 1 aliphatic rings. The topological polar surface area (TPSA) is 422 Å². The van der Waals surface area contributed by atoms with Gasteiger partial charge in [0, 0.05) is 19.4 Å². The van der Waals surface area contributed by atoms with E-state index in [2.05, 4.69) is 32.0 Å². The third-order valence-electron chi connectivity index (χ3n) is 10.1. The fraction of sp³-hybridized carbons (Fsp3) is 0.590. The summed E-state index contributed by atoms with van der Waals surface area (Å²) >= 11 is 0. The predicted molar refractivity (Wildman–Crippen MR) is 225 cm³/mol. The lowest BCUT2D eigenvalue weighted by molar-refractivity contribution is -0.138. The monoisotopic (exact) mass is 889 g/mol. The molecule has 24 nitrogen and oxygen atoms in total. The smallest absolute Gasteiger partial charge is 0.303 e. The highest BCUT2D eigenvalue weighted by Gasteiger charge is 2.36. The van der Waals surface area contributed by atoms with Gasteiger partial charge in [0.1, 0.15) is 24.4 Å². The molecule has 0 aliphatic carbocycles. The highest BCUT2D eigenvalue weighted by atomic mass is 16.4. The molecule has 63 heavy (non-hydrogen) atoms. The van der Waals surface area contributed by atoms with Gasteiger partial charge >= 0.3 is 5.97 Å². The number of nitrogens with one attached hydrogen (secondary N) is 6. The molecule has 0 aromatic heterocycles. The van der Waals surface area contributed by atoms with Gasteiger partial charge in [0.2, 0.25) is 35.4 Å². The molecule has 1 aromatic rings. The van der Waals surface area contributed by atoms with Crippen molar-refractivity contribution in [1.29, 1.82) is 0 Å². The number of Topliss-reactive ketones (excluding diaryl/α,β-unsaturated/α-hetero) is 3. The zero-order chi connectivity index (χ0) is 47.2. The van der Waals surface area contributed by atoms with E-state index in [0.717, 1.165) is 5.56 Å². The SMILES string of the molecule is C[C@H](NCC(=O)[C@H](CC(N)=O)NC(=O)[C@H](CCC(N)=O)NC(=O)[C@@H](N)Cc1ccccc1)C(=O)CC(=O)[C@@H]1CCCN1N[C@@H](CCCNC(N)N)C(=O)N[C@@H](CCC(=O)O)C(N)=O. The first kappa shape index (κ1) is 53.4. The molecule has 1 fully saturated rings. The number of ketones is 3. The lowest BCUT2D eigenvalue weighted by Crippen LogP contribution is -2.58. The van der Waals surface area contributed by atoms with Crippen molar-refractivity contribution in [3.63, 3.8) is 0 Å². The maximum atomic E-state index is 13.5. The first-order chi connectivity index (χ1) is 29.7. The van der Waals surface area contributed by atoms with Crippen LogP contribution < -0.4 is 66.4 Å². The predicted octanol–water partition coefficient (Wildman–Crippen LogP) is -5.51. The van der Waals surface area contributed by atoms with Crippen LogP contribution in [0.4, 0.5) is 0 Å². The van der Waals surface area contributed by atoms with Crippen LogP contribution in [0, 0.1) is 0 Å². The molecular formula is C39H63N13O11. The number of hydrazine groups is 1. The summed E-state index contributed by atoms with van der Waals surface area (Å²) in [6, 6.07) is 0.630. The summed E-state index contributed by atoms with van der Waals surface area (Å²) in [6.45, 7) is 1.46. The van der Waals surface area contributed by atoms with E-state index in [1.807, 2.05) is 0 Å². The second-order valence-corrected chi connectivity index (χ2v) is 15.3. The Kier molecular flexibility index (Phi) is 23.2. The average Bonchev–Trinajstić information content (AvgIpc) is 3.68. The number of carbonyl (C=O) groups is 10. The lowest BCUT2D eigenvalue weighted by atomic mass is 10.0. The molecule has 0 radical (unpaired) electrons. The van der Waals surface area contributed by atoms with Gasteiger partial charge in [0.15, 0.2) is 17.3 Å². The number of rotatable bonds is 32. The zero-order valence-corrected chi connectivity index (χ0v) is 35.3. The second-order valence-electron chi connectivity index (χ2n) is 15.3. The number of hydrogen-bond acceptors (Lipinski definition) is 17. The van der Waals surface area contributed by atoms with E-state index < -0.39 is 133 Å². The fourth-order valence-electron chi connectivity index (χ4n) is 6.56. The van der Waals surface area contributed by atoms with E-state index >= 15 is 0 Å². The standard InChI is InChI=1S/C39H63N13O11/c1-21(47-20-31(55)27(18-33(42)57)50-37(62)25(11-13-32(41)56)49-36(61)23(40)17-22-7-3-2-4-8-22)29(53)19-30(54)28-10-6-16-52(28)51-26(9-5-15-46-39(44)45)38(63)48-24(35(43)60)12-14-34(58)59/h2-4,7-8,21,23-28,39,46-47,51H,5-6,9-20,40,44-45H2,1H3,(H2,41,56)(H2,42,57)(H2,43,60)(H,48,63)(H,49,61)(H,50,62)(H,58,59)/t21-,23-,24-,25-,26-,27-,28-/m0/s1.